The van der Waals surface area contributed by atoms with E-state index in [2.05, 4.69) is 52.0 Å². The second kappa shape index (κ2) is 5.92. The summed E-state index contributed by atoms with van der Waals surface area (Å²) in [6.45, 7) is 1.88. The normalized spacial score (nSPS) is 17.9. The second-order valence-corrected chi connectivity index (χ2v) is 5.95. The maximum Gasteiger partial charge on any atom is 0.0476 e. The quantitative estimate of drug-likeness (QED) is 0.835. The lowest BCUT2D eigenvalue weighted by Gasteiger charge is -2.21. The van der Waals surface area contributed by atoms with Crippen molar-refractivity contribution >= 4 is 27.7 Å². The maximum atomic E-state index is 5.35. The second-order valence-electron chi connectivity index (χ2n) is 3.75. The first kappa shape index (κ1) is 11.5. The van der Waals surface area contributed by atoms with Crippen LogP contribution in [-0.2, 0) is 10.5 Å². The van der Waals surface area contributed by atoms with Gasteiger partial charge in [-0.15, -0.1) is 0 Å². The zero-order valence-electron chi connectivity index (χ0n) is 8.62. The Morgan fingerprint density at radius 3 is 2.53 bits per heavy atom. The van der Waals surface area contributed by atoms with Crippen LogP contribution in [0, 0.1) is 0 Å². The van der Waals surface area contributed by atoms with E-state index in [0.29, 0.717) is 0 Å². The summed E-state index contributed by atoms with van der Waals surface area (Å²) in [4.78, 5) is 0. The van der Waals surface area contributed by atoms with E-state index in [1.807, 2.05) is 0 Å². The summed E-state index contributed by atoms with van der Waals surface area (Å²) in [5.74, 6) is 1.12. The van der Waals surface area contributed by atoms with Crippen LogP contribution in [0.2, 0.25) is 0 Å². The van der Waals surface area contributed by atoms with Crippen molar-refractivity contribution in [2.75, 3.05) is 13.2 Å². The van der Waals surface area contributed by atoms with E-state index in [-0.39, 0.29) is 0 Å². The summed E-state index contributed by atoms with van der Waals surface area (Å²) in [6, 6.07) is 8.60. The molecule has 0 saturated carbocycles. The molecule has 1 aliphatic rings. The summed E-state index contributed by atoms with van der Waals surface area (Å²) in [7, 11) is 0. The molecule has 82 valence electrons. The van der Waals surface area contributed by atoms with Crippen LogP contribution in [0.4, 0.5) is 0 Å². The summed E-state index contributed by atoms with van der Waals surface area (Å²) < 4.78 is 6.50. The van der Waals surface area contributed by atoms with Gasteiger partial charge in [-0.3, -0.25) is 0 Å². The van der Waals surface area contributed by atoms with Crippen LogP contribution < -0.4 is 0 Å². The zero-order chi connectivity index (χ0) is 10.5. The Balaban J connectivity index is 1.79. The minimum atomic E-state index is 0.794. The fourth-order valence-electron chi connectivity index (χ4n) is 1.64. The average Bonchev–Trinajstić information content (AvgIpc) is 2.30. The molecular formula is C12H15BrOS. The van der Waals surface area contributed by atoms with Crippen LogP contribution in [-0.4, -0.2) is 18.5 Å². The largest absolute Gasteiger partial charge is 0.381 e. The minimum Gasteiger partial charge on any atom is -0.381 e. The predicted molar refractivity (Wildman–Crippen MR) is 69.3 cm³/mol. The summed E-state index contributed by atoms with van der Waals surface area (Å²) in [6.07, 6.45) is 2.42. The van der Waals surface area contributed by atoms with Gasteiger partial charge in [-0.25, -0.2) is 0 Å². The fraction of sp³-hybridized carbons (Fsp3) is 0.500. The third-order valence-corrected chi connectivity index (χ3v) is 4.54. The number of thioether (sulfide) groups is 1. The highest BCUT2D eigenvalue weighted by atomic mass is 79.9. The van der Waals surface area contributed by atoms with Crippen molar-refractivity contribution in [3.8, 4) is 0 Å². The topological polar surface area (TPSA) is 9.23 Å². The highest BCUT2D eigenvalue weighted by molar-refractivity contribution is 9.10. The zero-order valence-corrected chi connectivity index (χ0v) is 11.0. The Labute approximate surface area is 104 Å². The molecule has 15 heavy (non-hydrogen) atoms. The molecule has 1 saturated heterocycles. The first-order valence-corrected chi connectivity index (χ1v) is 7.12. The average molecular weight is 287 g/mol. The van der Waals surface area contributed by atoms with Gasteiger partial charge in [0.25, 0.3) is 0 Å². The lowest BCUT2D eigenvalue weighted by atomic mass is 10.2. The van der Waals surface area contributed by atoms with Crippen LogP contribution in [0.3, 0.4) is 0 Å². The molecule has 1 fully saturated rings. The Hall–Kier alpha value is 0.01000. The highest BCUT2D eigenvalue weighted by Crippen LogP contribution is 2.25. The van der Waals surface area contributed by atoms with Gasteiger partial charge in [0.1, 0.15) is 0 Å². The van der Waals surface area contributed by atoms with Crippen molar-refractivity contribution in [2.45, 2.75) is 23.8 Å². The maximum absolute atomic E-state index is 5.35. The number of halogens is 1. The Morgan fingerprint density at radius 2 is 1.87 bits per heavy atom. The molecular weight excluding hydrogens is 272 g/mol. The van der Waals surface area contributed by atoms with Crippen molar-refractivity contribution in [3.05, 3.63) is 34.3 Å². The molecule has 1 heterocycles. The van der Waals surface area contributed by atoms with Gasteiger partial charge >= 0.3 is 0 Å². The van der Waals surface area contributed by atoms with Crippen molar-refractivity contribution in [2.24, 2.45) is 0 Å². The number of ether oxygens (including phenoxy) is 1. The summed E-state index contributed by atoms with van der Waals surface area (Å²) in [5, 5.41) is 0.794. The molecule has 0 bridgehead atoms. The molecule has 0 spiro atoms. The van der Waals surface area contributed by atoms with E-state index < -0.39 is 0 Å². The summed E-state index contributed by atoms with van der Waals surface area (Å²) >= 11 is 5.51. The van der Waals surface area contributed by atoms with E-state index >= 15 is 0 Å². The van der Waals surface area contributed by atoms with Crippen LogP contribution in [0.25, 0.3) is 0 Å². The molecule has 1 aromatic carbocycles. The first-order valence-electron chi connectivity index (χ1n) is 5.28. The van der Waals surface area contributed by atoms with Crippen molar-refractivity contribution < 1.29 is 4.74 Å². The van der Waals surface area contributed by atoms with E-state index in [1.54, 1.807) is 0 Å². The monoisotopic (exact) mass is 286 g/mol. The van der Waals surface area contributed by atoms with E-state index in [1.165, 1.54) is 18.4 Å². The minimum absolute atomic E-state index is 0.794. The molecule has 0 unspecified atom stereocenters. The van der Waals surface area contributed by atoms with Crippen molar-refractivity contribution in [1.29, 1.82) is 0 Å². The number of hydrogen-bond acceptors (Lipinski definition) is 2. The van der Waals surface area contributed by atoms with Gasteiger partial charge in [0, 0.05) is 28.7 Å². The molecule has 1 aliphatic heterocycles. The van der Waals surface area contributed by atoms with E-state index in [0.717, 1.165) is 28.7 Å². The Kier molecular flexibility index (Phi) is 4.54. The van der Waals surface area contributed by atoms with E-state index in [4.69, 9.17) is 4.74 Å². The molecule has 3 heteroatoms. The molecule has 2 rings (SSSR count). The number of benzene rings is 1. The molecule has 0 N–H and O–H groups in total. The molecule has 0 aliphatic carbocycles. The molecule has 0 aromatic heterocycles. The third kappa shape index (κ3) is 3.82. The van der Waals surface area contributed by atoms with E-state index in [9.17, 15) is 0 Å². The fourth-order valence-corrected chi connectivity index (χ4v) is 3.05. The molecule has 1 aromatic rings. The van der Waals surface area contributed by atoms with Crippen LogP contribution in [0.15, 0.2) is 28.7 Å². The van der Waals surface area contributed by atoms with Gasteiger partial charge in [0.15, 0.2) is 0 Å². The van der Waals surface area contributed by atoms with Crippen molar-refractivity contribution in [3.63, 3.8) is 0 Å². The molecule has 0 atom stereocenters. The van der Waals surface area contributed by atoms with Crippen LogP contribution in [0.5, 0.6) is 0 Å². The number of rotatable bonds is 3. The molecule has 0 radical (unpaired) electrons. The highest BCUT2D eigenvalue weighted by Gasteiger charge is 2.13. The van der Waals surface area contributed by atoms with Crippen LogP contribution in [0.1, 0.15) is 18.4 Å². The van der Waals surface area contributed by atoms with Gasteiger partial charge in [-0.05, 0) is 30.5 Å². The Bertz CT molecular complexity index is 293. The van der Waals surface area contributed by atoms with Gasteiger partial charge in [-0.2, -0.15) is 11.8 Å². The lowest BCUT2D eigenvalue weighted by molar-refractivity contribution is 0.1000. The summed E-state index contributed by atoms with van der Waals surface area (Å²) in [5.41, 5.74) is 1.41. The standard InChI is InChI=1S/C12H15BrOS/c13-11-3-1-10(2-4-11)9-15-12-5-7-14-8-6-12/h1-4,12H,5-9H2. The lowest BCUT2D eigenvalue weighted by Crippen LogP contribution is -2.17. The number of hydrogen-bond donors (Lipinski definition) is 0. The SMILES string of the molecule is Brc1ccc(CSC2CCOCC2)cc1. The Morgan fingerprint density at radius 1 is 1.20 bits per heavy atom. The molecule has 0 amide bonds. The third-order valence-electron chi connectivity index (χ3n) is 2.57. The van der Waals surface area contributed by atoms with Gasteiger partial charge in [-0.1, -0.05) is 28.1 Å². The van der Waals surface area contributed by atoms with Crippen molar-refractivity contribution in [1.82, 2.24) is 0 Å². The van der Waals surface area contributed by atoms with Gasteiger partial charge < -0.3 is 4.74 Å². The van der Waals surface area contributed by atoms with Gasteiger partial charge in [0.05, 0.1) is 0 Å². The van der Waals surface area contributed by atoms with Gasteiger partial charge in [0.2, 0.25) is 0 Å². The predicted octanol–water partition coefficient (Wildman–Crippen LogP) is 3.86. The van der Waals surface area contributed by atoms with Crippen LogP contribution >= 0.6 is 27.7 Å². The first-order chi connectivity index (χ1) is 7.34. The smallest absolute Gasteiger partial charge is 0.0476 e. The molecule has 1 nitrogen and oxygen atoms in total.